The highest BCUT2D eigenvalue weighted by molar-refractivity contribution is 7.12. The lowest BCUT2D eigenvalue weighted by molar-refractivity contribution is 0.480. The first-order valence-electron chi connectivity index (χ1n) is 6.51. The minimum Gasteiger partial charge on any atom is -0.323 e. The maximum atomic E-state index is 6.48. The van der Waals surface area contributed by atoms with E-state index in [1.807, 2.05) is 11.3 Å². The van der Waals surface area contributed by atoms with E-state index in [1.54, 1.807) is 0 Å². The third kappa shape index (κ3) is 1.63. The van der Waals surface area contributed by atoms with E-state index in [2.05, 4.69) is 19.9 Å². The maximum Gasteiger partial charge on any atom is 0.0426 e. The summed E-state index contributed by atoms with van der Waals surface area (Å²) >= 11 is 1.91. The van der Waals surface area contributed by atoms with E-state index in [1.165, 1.54) is 41.0 Å². The minimum atomic E-state index is 0.326. The normalized spacial score (nSPS) is 34.6. The largest absolute Gasteiger partial charge is 0.323 e. The fourth-order valence-corrected chi connectivity index (χ4v) is 4.84. The van der Waals surface area contributed by atoms with Crippen LogP contribution in [-0.2, 0) is 0 Å². The minimum absolute atomic E-state index is 0.326. The molecule has 1 nitrogen and oxygen atoms in total. The standard InChI is InChI=1S/C14H21NS/c1-8-7-9(2)16-14(8)13(15)12-10-5-3-4-6-11(10)12/h7,10-13H,3-6,15H2,1-2H3. The summed E-state index contributed by atoms with van der Waals surface area (Å²) in [7, 11) is 0. The van der Waals surface area contributed by atoms with Crippen LogP contribution in [0.25, 0.3) is 0 Å². The highest BCUT2D eigenvalue weighted by Gasteiger charge is 2.53. The van der Waals surface area contributed by atoms with Gasteiger partial charge in [0.2, 0.25) is 0 Å². The molecule has 0 bridgehead atoms. The lowest BCUT2D eigenvalue weighted by atomic mass is 10.0. The summed E-state index contributed by atoms with van der Waals surface area (Å²) in [5, 5.41) is 0. The van der Waals surface area contributed by atoms with Crippen LogP contribution in [0.15, 0.2) is 6.07 Å². The van der Waals surface area contributed by atoms with Crippen LogP contribution < -0.4 is 5.73 Å². The monoisotopic (exact) mass is 235 g/mol. The van der Waals surface area contributed by atoms with Crippen LogP contribution in [0.3, 0.4) is 0 Å². The smallest absolute Gasteiger partial charge is 0.0426 e. The Balaban J connectivity index is 1.78. The topological polar surface area (TPSA) is 26.0 Å². The van der Waals surface area contributed by atoms with Gasteiger partial charge in [-0.1, -0.05) is 12.8 Å². The SMILES string of the molecule is Cc1cc(C)c(C(N)C2C3CCCCC32)s1. The first-order chi connectivity index (χ1) is 7.68. The van der Waals surface area contributed by atoms with Gasteiger partial charge in [0.05, 0.1) is 0 Å². The molecule has 2 heteroatoms. The van der Waals surface area contributed by atoms with Gasteiger partial charge < -0.3 is 5.73 Å². The average Bonchev–Trinajstić information content (AvgIpc) is 2.89. The molecular formula is C14H21NS. The van der Waals surface area contributed by atoms with Crippen molar-refractivity contribution >= 4 is 11.3 Å². The molecule has 0 saturated heterocycles. The fourth-order valence-electron chi connectivity index (χ4n) is 3.75. The molecule has 0 spiro atoms. The first kappa shape index (κ1) is 10.8. The van der Waals surface area contributed by atoms with Crippen molar-refractivity contribution in [3.05, 3.63) is 21.4 Å². The summed E-state index contributed by atoms with van der Waals surface area (Å²) < 4.78 is 0. The Morgan fingerprint density at radius 1 is 1.25 bits per heavy atom. The second kappa shape index (κ2) is 3.85. The number of nitrogens with two attached hydrogens (primary N) is 1. The van der Waals surface area contributed by atoms with Crippen molar-refractivity contribution in [2.45, 2.75) is 45.6 Å². The number of hydrogen-bond donors (Lipinski definition) is 1. The van der Waals surface area contributed by atoms with Crippen LogP contribution in [0.5, 0.6) is 0 Å². The van der Waals surface area contributed by atoms with Crippen molar-refractivity contribution in [2.24, 2.45) is 23.5 Å². The van der Waals surface area contributed by atoms with E-state index in [0.717, 1.165) is 17.8 Å². The van der Waals surface area contributed by atoms with Gasteiger partial charge in [-0.05, 0) is 56.1 Å². The van der Waals surface area contributed by atoms with Crippen molar-refractivity contribution in [2.75, 3.05) is 0 Å². The molecule has 2 saturated carbocycles. The van der Waals surface area contributed by atoms with Crippen molar-refractivity contribution < 1.29 is 0 Å². The van der Waals surface area contributed by atoms with Crippen LogP contribution in [0.1, 0.15) is 47.0 Å². The van der Waals surface area contributed by atoms with Crippen molar-refractivity contribution in [1.29, 1.82) is 0 Å². The summed E-state index contributed by atoms with van der Waals surface area (Å²) in [6.45, 7) is 4.40. The quantitative estimate of drug-likeness (QED) is 0.829. The zero-order chi connectivity index (χ0) is 11.3. The Bertz CT molecular complexity index is 383. The molecule has 3 unspecified atom stereocenters. The number of thiophene rings is 1. The Kier molecular flexibility index (Phi) is 2.60. The van der Waals surface area contributed by atoms with Gasteiger partial charge in [-0.3, -0.25) is 0 Å². The average molecular weight is 235 g/mol. The number of rotatable bonds is 2. The van der Waals surface area contributed by atoms with Crippen molar-refractivity contribution in [3.63, 3.8) is 0 Å². The predicted octanol–water partition coefficient (Wildman–Crippen LogP) is 3.80. The van der Waals surface area contributed by atoms with E-state index in [-0.39, 0.29) is 0 Å². The number of aryl methyl sites for hydroxylation is 2. The zero-order valence-electron chi connectivity index (χ0n) is 10.2. The molecule has 2 fully saturated rings. The van der Waals surface area contributed by atoms with E-state index < -0.39 is 0 Å². The molecule has 3 atom stereocenters. The van der Waals surface area contributed by atoms with Gasteiger partial charge in [0.1, 0.15) is 0 Å². The van der Waals surface area contributed by atoms with Gasteiger partial charge >= 0.3 is 0 Å². The summed E-state index contributed by atoms with van der Waals surface area (Å²) in [6.07, 6.45) is 5.75. The molecule has 2 aliphatic carbocycles. The second-order valence-corrected chi connectivity index (χ2v) is 6.91. The zero-order valence-corrected chi connectivity index (χ0v) is 11.0. The summed E-state index contributed by atoms with van der Waals surface area (Å²) in [4.78, 5) is 2.86. The van der Waals surface area contributed by atoms with Gasteiger partial charge in [-0.2, -0.15) is 0 Å². The lowest BCUT2D eigenvalue weighted by Gasteiger charge is -2.10. The number of hydrogen-bond acceptors (Lipinski definition) is 2. The van der Waals surface area contributed by atoms with Crippen LogP contribution in [-0.4, -0.2) is 0 Å². The van der Waals surface area contributed by atoms with Crippen LogP contribution in [0, 0.1) is 31.6 Å². The fraction of sp³-hybridized carbons (Fsp3) is 0.714. The van der Waals surface area contributed by atoms with E-state index in [0.29, 0.717) is 6.04 Å². The third-order valence-electron chi connectivity index (χ3n) is 4.52. The van der Waals surface area contributed by atoms with Gasteiger partial charge in [-0.25, -0.2) is 0 Å². The van der Waals surface area contributed by atoms with Gasteiger partial charge in [0, 0.05) is 15.8 Å². The third-order valence-corrected chi connectivity index (χ3v) is 5.77. The highest BCUT2D eigenvalue weighted by atomic mass is 32.1. The van der Waals surface area contributed by atoms with Gasteiger partial charge in [0.15, 0.2) is 0 Å². The molecule has 16 heavy (non-hydrogen) atoms. The van der Waals surface area contributed by atoms with E-state index in [9.17, 15) is 0 Å². The molecule has 0 aromatic carbocycles. The summed E-state index contributed by atoms with van der Waals surface area (Å²) in [6, 6.07) is 2.61. The molecular weight excluding hydrogens is 214 g/mol. The van der Waals surface area contributed by atoms with Crippen LogP contribution in [0.2, 0.25) is 0 Å². The van der Waals surface area contributed by atoms with Crippen molar-refractivity contribution in [1.82, 2.24) is 0 Å². The molecule has 1 aromatic rings. The van der Waals surface area contributed by atoms with Crippen LogP contribution >= 0.6 is 11.3 Å². The predicted molar refractivity (Wildman–Crippen MR) is 69.7 cm³/mol. The Hall–Kier alpha value is -0.340. The van der Waals surface area contributed by atoms with Crippen LogP contribution in [0.4, 0.5) is 0 Å². The van der Waals surface area contributed by atoms with Gasteiger partial charge in [0.25, 0.3) is 0 Å². The van der Waals surface area contributed by atoms with E-state index >= 15 is 0 Å². The molecule has 2 aliphatic rings. The molecule has 1 heterocycles. The lowest BCUT2D eigenvalue weighted by Crippen LogP contribution is -2.13. The van der Waals surface area contributed by atoms with E-state index in [4.69, 9.17) is 5.73 Å². The molecule has 0 radical (unpaired) electrons. The van der Waals surface area contributed by atoms with Gasteiger partial charge in [-0.15, -0.1) is 11.3 Å². The second-order valence-electron chi connectivity index (χ2n) is 5.62. The molecule has 3 rings (SSSR count). The molecule has 2 N–H and O–H groups in total. The molecule has 0 amide bonds. The maximum absolute atomic E-state index is 6.48. The first-order valence-corrected chi connectivity index (χ1v) is 7.32. The van der Waals surface area contributed by atoms with Crippen molar-refractivity contribution in [3.8, 4) is 0 Å². The summed E-state index contributed by atoms with van der Waals surface area (Å²) in [5.74, 6) is 2.73. The molecule has 0 aliphatic heterocycles. The Morgan fingerprint density at radius 3 is 2.38 bits per heavy atom. The highest BCUT2D eigenvalue weighted by Crippen LogP contribution is 2.60. The molecule has 88 valence electrons. The molecule has 1 aromatic heterocycles. The Labute approximate surface area is 102 Å². The number of fused-ring (bicyclic) bond motifs is 1. The summed E-state index contributed by atoms with van der Waals surface area (Å²) in [5.41, 5.74) is 7.90. The Morgan fingerprint density at radius 2 is 1.88 bits per heavy atom.